The summed E-state index contributed by atoms with van der Waals surface area (Å²) in [6, 6.07) is 4.58. The third-order valence-electron chi connectivity index (χ3n) is 3.53. The molecule has 1 atom stereocenters. The third kappa shape index (κ3) is 3.04. The molecule has 4 nitrogen and oxygen atoms in total. The number of nitrogen functional groups attached to an aromatic ring is 1. The topological polar surface area (TPSA) is 63.4 Å². The molecule has 0 amide bonds. The lowest BCUT2D eigenvalue weighted by molar-refractivity contribution is 0.342. The normalized spacial score (nSPS) is 22.1. The van der Waals surface area contributed by atoms with E-state index in [9.17, 15) is 8.42 Å². The van der Waals surface area contributed by atoms with Crippen LogP contribution >= 0.6 is 11.6 Å². The van der Waals surface area contributed by atoms with Crippen LogP contribution in [-0.4, -0.2) is 25.3 Å². The first kappa shape index (κ1) is 14.6. The highest BCUT2D eigenvalue weighted by atomic mass is 35.5. The summed E-state index contributed by atoms with van der Waals surface area (Å²) >= 11 is 6.03. The monoisotopic (exact) mass is 302 g/mol. The van der Waals surface area contributed by atoms with E-state index in [2.05, 4.69) is 0 Å². The predicted octanol–water partition coefficient (Wildman–Crippen LogP) is 2.88. The highest BCUT2D eigenvalue weighted by Gasteiger charge is 2.31. The zero-order valence-corrected chi connectivity index (χ0v) is 12.5. The Hall–Kier alpha value is -0.780. The molecule has 1 saturated heterocycles. The second kappa shape index (κ2) is 5.69. The van der Waals surface area contributed by atoms with Gasteiger partial charge in [-0.3, -0.25) is 0 Å². The smallest absolute Gasteiger partial charge is 0.244 e. The first-order chi connectivity index (χ1) is 8.93. The van der Waals surface area contributed by atoms with Gasteiger partial charge in [-0.15, -0.1) is 0 Å². The number of halogens is 1. The van der Waals surface area contributed by atoms with E-state index in [4.69, 9.17) is 17.3 Å². The molecular weight excluding hydrogens is 284 g/mol. The fourth-order valence-electron chi connectivity index (χ4n) is 2.45. The van der Waals surface area contributed by atoms with E-state index in [1.807, 2.05) is 6.92 Å². The number of sulfonamides is 1. The van der Waals surface area contributed by atoms with Gasteiger partial charge in [0.15, 0.2) is 0 Å². The van der Waals surface area contributed by atoms with Crippen LogP contribution in [0.3, 0.4) is 0 Å². The minimum absolute atomic E-state index is 0.00463. The van der Waals surface area contributed by atoms with Gasteiger partial charge in [0.1, 0.15) is 4.90 Å². The Morgan fingerprint density at radius 3 is 2.79 bits per heavy atom. The maximum atomic E-state index is 12.7. The van der Waals surface area contributed by atoms with Gasteiger partial charge in [-0.1, -0.05) is 24.4 Å². The molecule has 19 heavy (non-hydrogen) atoms. The lowest BCUT2D eigenvalue weighted by Crippen LogP contribution is -2.38. The number of anilines is 1. The van der Waals surface area contributed by atoms with E-state index in [1.165, 1.54) is 12.1 Å². The summed E-state index contributed by atoms with van der Waals surface area (Å²) in [7, 11) is -3.57. The van der Waals surface area contributed by atoms with Crippen LogP contribution in [0.25, 0.3) is 0 Å². The van der Waals surface area contributed by atoms with Crippen molar-refractivity contribution in [2.75, 3.05) is 12.3 Å². The second-order valence-corrected chi connectivity index (χ2v) is 7.27. The molecule has 106 valence electrons. The highest BCUT2D eigenvalue weighted by molar-refractivity contribution is 7.89. The van der Waals surface area contributed by atoms with Gasteiger partial charge in [0.05, 0.1) is 5.02 Å². The van der Waals surface area contributed by atoms with Crippen molar-refractivity contribution in [3.8, 4) is 0 Å². The third-order valence-corrected chi connectivity index (χ3v) is 6.03. The van der Waals surface area contributed by atoms with E-state index >= 15 is 0 Å². The Kier molecular flexibility index (Phi) is 4.38. The lowest BCUT2D eigenvalue weighted by atomic mass is 10.1. The highest BCUT2D eigenvalue weighted by Crippen LogP contribution is 2.30. The number of hydrogen-bond donors (Lipinski definition) is 1. The van der Waals surface area contributed by atoms with Crippen LogP contribution in [0.2, 0.25) is 5.02 Å². The maximum Gasteiger partial charge on any atom is 0.244 e. The molecule has 1 aliphatic heterocycles. The number of benzene rings is 1. The summed E-state index contributed by atoms with van der Waals surface area (Å²) in [5.74, 6) is 0. The summed E-state index contributed by atoms with van der Waals surface area (Å²) in [5.41, 5.74) is 6.09. The molecule has 1 fully saturated rings. The van der Waals surface area contributed by atoms with Crippen molar-refractivity contribution in [1.82, 2.24) is 4.31 Å². The maximum absolute atomic E-state index is 12.7. The molecule has 1 aromatic carbocycles. The predicted molar refractivity (Wildman–Crippen MR) is 77.7 cm³/mol. The average molecular weight is 303 g/mol. The molecule has 1 aliphatic rings. The zero-order valence-electron chi connectivity index (χ0n) is 11.0. The molecule has 1 heterocycles. The number of rotatable bonds is 2. The average Bonchev–Trinajstić information content (AvgIpc) is 2.57. The lowest BCUT2D eigenvalue weighted by Gasteiger charge is -2.26. The molecule has 2 N–H and O–H groups in total. The van der Waals surface area contributed by atoms with E-state index in [0.717, 1.165) is 25.7 Å². The van der Waals surface area contributed by atoms with Crippen molar-refractivity contribution >= 4 is 27.3 Å². The van der Waals surface area contributed by atoms with Gasteiger partial charge in [0, 0.05) is 18.3 Å². The van der Waals surface area contributed by atoms with Gasteiger partial charge in [0.25, 0.3) is 0 Å². The van der Waals surface area contributed by atoms with Crippen LogP contribution in [0, 0.1) is 0 Å². The molecular formula is C13H19ClN2O2S. The minimum Gasteiger partial charge on any atom is -0.399 e. The van der Waals surface area contributed by atoms with Crippen molar-refractivity contribution < 1.29 is 8.42 Å². The summed E-state index contributed by atoms with van der Waals surface area (Å²) in [6.07, 6.45) is 3.92. The molecule has 0 aliphatic carbocycles. The number of nitrogens with two attached hydrogens (primary N) is 1. The Balaban J connectivity index is 2.43. The number of nitrogens with zero attached hydrogens (tertiary/aromatic N) is 1. The molecule has 2 rings (SSSR count). The van der Waals surface area contributed by atoms with E-state index < -0.39 is 10.0 Å². The van der Waals surface area contributed by atoms with Crippen LogP contribution < -0.4 is 5.73 Å². The largest absolute Gasteiger partial charge is 0.399 e. The fraction of sp³-hybridized carbons (Fsp3) is 0.538. The molecule has 0 bridgehead atoms. The molecule has 0 saturated carbocycles. The van der Waals surface area contributed by atoms with Crippen LogP contribution in [0.5, 0.6) is 0 Å². The number of hydrogen-bond acceptors (Lipinski definition) is 3. The van der Waals surface area contributed by atoms with Gasteiger partial charge in [0.2, 0.25) is 10.0 Å². The van der Waals surface area contributed by atoms with E-state index in [0.29, 0.717) is 12.2 Å². The molecule has 1 unspecified atom stereocenters. The van der Waals surface area contributed by atoms with Gasteiger partial charge < -0.3 is 5.73 Å². The van der Waals surface area contributed by atoms with Crippen LogP contribution in [-0.2, 0) is 10.0 Å². The standard InChI is InChI=1S/C13H19ClN2O2S/c1-10-5-3-2-4-8-16(10)19(17,18)13-9-11(15)6-7-12(13)14/h6-7,9-10H,2-5,8,15H2,1H3. The SMILES string of the molecule is CC1CCCCCN1S(=O)(=O)c1cc(N)ccc1Cl. The van der Waals surface area contributed by atoms with Crippen molar-refractivity contribution in [3.63, 3.8) is 0 Å². The first-order valence-corrected chi connectivity index (χ1v) is 8.31. The minimum atomic E-state index is -3.57. The first-order valence-electron chi connectivity index (χ1n) is 6.50. The second-order valence-electron chi connectivity index (χ2n) is 5.00. The van der Waals surface area contributed by atoms with Gasteiger partial charge in [-0.05, 0) is 38.0 Å². The van der Waals surface area contributed by atoms with Crippen molar-refractivity contribution in [1.29, 1.82) is 0 Å². The Morgan fingerprint density at radius 1 is 1.32 bits per heavy atom. The van der Waals surface area contributed by atoms with Crippen molar-refractivity contribution in [2.45, 2.75) is 43.5 Å². The molecule has 0 spiro atoms. The quantitative estimate of drug-likeness (QED) is 0.854. The molecule has 1 aromatic rings. The van der Waals surface area contributed by atoms with Crippen molar-refractivity contribution in [3.05, 3.63) is 23.2 Å². The van der Waals surface area contributed by atoms with Crippen LogP contribution in [0.4, 0.5) is 5.69 Å². The van der Waals surface area contributed by atoms with Gasteiger partial charge >= 0.3 is 0 Å². The summed E-state index contributed by atoms with van der Waals surface area (Å²) in [6.45, 7) is 2.50. The fourth-order valence-corrected chi connectivity index (χ4v) is 4.66. The Labute approximate surface area is 119 Å². The molecule has 0 radical (unpaired) electrons. The van der Waals surface area contributed by atoms with Crippen LogP contribution in [0.15, 0.2) is 23.1 Å². The Morgan fingerprint density at radius 2 is 2.05 bits per heavy atom. The summed E-state index contributed by atoms with van der Waals surface area (Å²) in [4.78, 5) is 0.114. The van der Waals surface area contributed by atoms with Crippen molar-refractivity contribution in [2.24, 2.45) is 0 Å². The summed E-state index contributed by atoms with van der Waals surface area (Å²) in [5, 5.41) is 0.227. The molecule has 6 heteroatoms. The molecule has 0 aromatic heterocycles. The van der Waals surface area contributed by atoms with Gasteiger partial charge in [-0.25, -0.2) is 8.42 Å². The van der Waals surface area contributed by atoms with Gasteiger partial charge in [-0.2, -0.15) is 4.31 Å². The summed E-state index contributed by atoms with van der Waals surface area (Å²) < 4.78 is 27.0. The van der Waals surface area contributed by atoms with E-state index in [1.54, 1.807) is 10.4 Å². The van der Waals surface area contributed by atoms with Crippen LogP contribution in [0.1, 0.15) is 32.6 Å². The van der Waals surface area contributed by atoms with E-state index in [-0.39, 0.29) is 16.0 Å². The zero-order chi connectivity index (χ0) is 14.0. The Bertz CT molecular complexity index is 560.